The zero-order valence-electron chi connectivity index (χ0n) is 16.8. The van der Waals surface area contributed by atoms with Crippen molar-refractivity contribution >= 4 is 12.2 Å². The molecule has 2 amide bonds. The van der Waals surface area contributed by atoms with Gasteiger partial charge in [-0.05, 0) is 67.0 Å². The maximum Gasteiger partial charge on any atom is 0.410 e. The van der Waals surface area contributed by atoms with E-state index in [1.54, 1.807) is 11.9 Å². The number of likely N-dealkylation sites (N-methyl/N-ethyl adjacent to an activating group) is 1. The third-order valence-electron chi connectivity index (χ3n) is 3.70. The Labute approximate surface area is 152 Å². The molecule has 0 aliphatic carbocycles. The number of amides is 2. The lowest BCUT2D eigenvalue weighted by atomic mass is 10.1. The van der Waals surface area contributed by atoms with Crippen molar-refractivity contribution < 1.29 is 19.1 Å². The molecule has 0 aromatic carbocycles. The fraction of sp³-hybridized carbons (Fsp3) is 0.889. The summed E-state index contributed by atoms with van der Waals surface area (Å²) in [5, 5.41) is 3.31. The van der Waals surface area contributed by atoms with Gasteiger partial charge in [-0.15, -0.1) is 0 Å². The van der Waals surface area contributed by atoms with Gasteiger partial charge in [-0.25, -0.2) is 9.59 Å². The van der Waals surface area contributed by atoms with Crippen LogP contribution in [0.15, 0.2) is 0 Å². The van der Waals surface area contributed by atoms with Crippen molar-refractivity contribution in [2.24, 2.45) is 5.92 Å². The van der Waals surface area contributed by atoms with Gasteiger partial charge >= 0.3 is 12.2 Å². The first kappa shape index (κ1) is 21.5. The van der Waals surface area contributed by atoms with E-state index in [9.17, 15) is 9.59 Å². The number of hydrogen-bond donors (Lipinski definition) is 1. The van der Waals surface area contributed by atoms with E-state index in [4.69, 9.17) is 9.47 Å². The molecule has 1 N–H and O–H groups in total. The van der Waals surface area contributed by atoms with E-state index in [1.807, 2.05) is 41.5 Å². The molecule has 1 aliphatic heterocycles. The molecule has 0 aromatic heterocycles. The summed E-state index contributed by atoms with van der Waals surface area (Å²) in [4.78, 5) is 27.8. The second-order valence-corrected chi connectivity index (χ2v) is 8.69. The van der Waals surface area contributed by atoms with Gasteiger partial charge in [0.1, 0.15) is 11.2 Å². The van der Waals surface area contributed by atoms with E-state index in [-0.39, 0.29) is 12.2 Å². The molecule has 1 aliphatic rings. The normalized spacial score (nSPS) is 18.0. The summed E-state index contributed by atoms with van der Waals surface area (Å²) in [5.41, 5.74) is -1.08. The third kappa shape index (κ3) is 8.95. The van der Waals surface area contributed by atoms with Gasteiger partial charge in [0.05, 0.1) is 0 Å². The van der Waals surface area contributed by atoms with E-state index < -0.39 is 11.2 Å². The minimum absolute atomic E-state index is 0.336. The maximum absolute atomic E-state index is 12.5. The van der Waals surface area contributed by atoms with E-state index in [2.05, 4.69) is 5.32 Å². The molecule has 1 rings (SSSR count). The molecule has 0 bridgehead atoms. The van der Waals surface area contributed by atoms with Gasteiger partial charge in [-0.2, -0.15) is 0 Å². The largest absolute Gasteiger partial charge is 0.444 e. The summed E-state index contributed by atoms with van der Waals surface area (Å²) < 4.78 is 10.9. The van der Waals surface area contributed by atoms with Gasteiger partial charge in [0.25, 0.3) is 0 Å². The van der Waals surface area contributed by atoms with Gasteiger partial charge in [-0.1, -0.05) is 0 Å². The molecule has 7 nitrogen and oxygen atoms in total. The van der Waals surface area contributed by atoms with Crippen LogP contribution in [0.2, 0.25) is 0 Å². The van der Waals surface area contributed by atoms with Crippen LogP contribution in [-0.2, 0) is 9.47 Å². The Balaban J connectivity index is 2.62. The molecule has 0 aromatic rings. The lowest BCUT2D eigenvalue weighted by Gasteiger charge is -2.31. The van der Waals surface area contributed by atoms with E-state index in [1.165, 1.54) is 4.90 Å². The Kier molecular flexibility index (Phi) is 7.53. The zero-order chi connectivity index (χ0) is 19.3. The minimum atomic E-state index is -0.541. The highest BCUT2D eigenvalue weighted by molar-refractivity contribution is 5.69. The van der Waals surface area contributed by atoms with Crippen LogP contribution in [0.3, 0.4) is 0 Å². The predicted octanol–water partition coefficient (Wildman–Crippen LogP) is 2.70. The third-order valence-corrected chi connectivity index (χ3v) is 3.70. The summed E-state index contributed by atoms with van der Waals surface area (Å²) >= 11 is 0. The van der Waals surface area contributed by atoms with Crippen molar-refractivity contribution in [3.63, 3.8) is 0 Å². The Hall–Kier alpha value is -1.50. The van der Waals surface area contributed by atoms with Crippen molar-refractivity contribution in [2.75, 3.05) is 39.8 Å². The molecular weight excluding hydrogens is 322 g/mol. The highest BCUT2D eigenvalue weighted by atomic mass is 16.6. The highest BCUT2D eigenvalue weighted by Crippen LogP contribution is 2.15. The first-order valence-electron chi connectivity index (χ1n) is 9.00. The average Bonchev–Trinajstić information content (AvgIpc) is 2.91. The Morgan fingerprint density at radius 3 is 2.04 bits per heavy atom. The molecule has 146 valence electrons. The Bertz CT molecular complexity index is 448. The fourth-order valence-electron chi connectivity index (χ4n) is 2.47. The molecule has 1 unspecified atom stereocenters. The monoisotopic (exact) mass is 357 g/mol. The summed E-state index contributed by atoms with van der Waals surface area (Å²) in [6, 6.07) is 0. The number of rotatable bonds is 5. The second kappa shape index (κ2) is 8.74. The van der Waals surface area contributed by atoms with E-state index >= 15 is 0 Å². The van der Waals surface area contributed by atoms with Crippen molar-refractivity contribution in [2.45, 2.75) is 59.2 Å². The van der Waals surface area contributed by atoms with Crippen LogP contribution in [0, 0.1) is 5.92 Å². The van der Waals surface area contributed by atoms with Gasteiger partial charge in [0.2, 0.25) is 0 Å². The summed E-state index contributed by atoms with van der Waals surface area (Å²) in [5.74, 6) is 0.416. The minimum Gasteiger partial charge on any atom is -0.444 e. The van der Waals surface area contributed by atoms with Crippen molar-refractivity contribution in [3.8, 4) is 0 Å². The van der Waals surface area contributed by atoms with Crippen molar-refractivity contribution in [3.05, 3.63) is 0 Å². The zero-order valence-corrected chi connectivity index (χ0v) is 16.8. The molecule has 7 heteroatoms. The van der Waals surface area contributed by atoms with Crippen LogP contribution in [0.25, 0.3) is 0 Å². The number of carbonyl (C=O) groups is 2. The second-order valence-electron chi connectivity index (χ2n) is 8.69. The molecular formula is C18H35N3O4. The lowest BCUT2D eigenvalue weighted by Crippen LogP contribution is -2.45. The standard InChI is InChI=1S/C18H35N3O4/c1-17(2,3)24-15(22)20(7)10-11-21(13-14-8-9-19-12-14)16(23)25-18(4,5)6/h14,19H,8-13H2,1-7H3. The molecule has 0 radical (unpaired) electrons. The molecule has 1 saturated heterocycles. The van der Waals surface area contributed by atoms with Crippen LogP contribution in [0.5, 0.6) is 0 Å². The number of nitrogens with zero attached hydrogens (tertiary/aromatic N) is 2. The van der Waals surface area contributed by atoms with Crippen LogP contribution < -0.4 is 5.32 Å². The molecule has 0 saturated carbocycles. The van der Waals surface area contributed by atoms with Crippen LogP contribution in [0.1, 0.15) is 48.0 Å². The average molecular weight is 357 g/mol. The van der Waals surface area contributed by atoms with Gasteiger partial charge in [0.15, 0.2) is 0 Å². The number of carbonyl (C=O) groups excluding carboxylic acids is 2. The number of hydrogen-bond acceptors (Lipinski definition) is 5. The predicted molar refractivity (Wildman–Crippen MR) is 97.6 cm³/mol. The molecule has 25 heavy (non-hydrogen) atoms. The summed E-state index contributed by atoms with van der Waals surface area (Å²) in [6.45, 7) is 14.4. The van der Waals surface area contributed by atoms with Crippen LogP contribution in [-0.4, -0.2) is 73.0 Å². The number of nitrogens with one attached hydrogen (secondary N) is 1. The van der Waals surface area contributed by atoms with Crippen molar-refractivity contribution in [1.29, 1.82) is 0 Å². The molecule has 0 spiro atoms. The first-order chi connectivity index (χ1) is 11.4. The Morgan fingerprint density at radius 1 is 1.00 bits per heavy atom. The van der Waals surface area contributed by atoms with Gasteiger partial charge in [0, 0.05) is 26.7 Å². The quantitative estimate of drug-likeness (QED) is 0.819. The summed E-state index contributed by atoms with van der Waals surface area (Å²) in [7, 11) is 1.68. The summed E-state index contributed by atoms with van der Waals surface area (Å²) in [6.07, 6.45) is 0.317. The van der Waals surface area contributed by atoms with E-state index in [0.29, 0.717) is 25.6 Å². The molecule has 1 fully saturated rings. The number of ether oxygens (including phenoxy) is 2. The first-order valence-corrected chi connectivity index (χ1v) is 9.00. The van der Waals surface area contributed by atoms with Crippen molar-refractivity contribution in [1.82, 2.24) is 15.1 Å². The Morgan fingerprint density at radius 2 is 1.56 bits per heavy atom. The van der Waals surface area contributed by atoms with Crippen LogP contribution in [0.4, 0.5) is 9.59 Å². The smallest absolute Gasteiger partial charge is 0.410 e. The fourth-order valence-corrected chi connectivity index (χ4v) is 2.47. The highest BCUT2D eigenvalue weighted by Gasteiger charge is 2.27. The topological polar surface area (TPSA) is 71.1 Å². The van der Waals surface area contributed by atoms with Crippen LogP contribution >= 0.6 is 0 Å². The molecule has 1 atom stereocenters. The van der Waals surface area contributed by atoms with Gasteiger partial charge < -0.3 is 24.6 Å². The lowest BCUT2D eigenvalue weighted by molar-refractivity contribution is 0.0146. The van der Waals surface area contributed by atoms with Gasteiger partial charge in [-0.3, -0.25) is 0 Å². The van der Waals surface area contributed by atoms with E-state index in [0.717, 1.165) is 19.5 Å². The SMILES string of the molecule is CN(CCN(CC1CCNC1)C(=O)OC(C)(C)C)C(=O)OC(C)(C)C. The molecule has 1 heterocycles. The maximum atomic E-state index is 12.5.